The van der Waals surface area contributed by atoms with Crippen molar-refractivity contribution in [3.8, 4) is 0 Å². The molecule has 0 amide bonds. The molecule has 1 aromatic carbocycles. The van der Waals surface area contributed by atoms with Crippen LogP contribution in [0.5, 0.6) is 0 Å². The molecule has 8 heteroatoms. The first kappa shape index (κ1) is 21.1. The largest absolute Gasteiger partial charge is 0.371 e. The predicted molar refractivity (Wildman–Crippen MR) is 124 cm³/mol. The summed E-state index contributed by atoms with van der Waals surface area (Å²) in [6, 6.07) is 8.83. The highest BCUT2D eigenvalue weighted by molar-refractivity contribution is 6.30. The maximum absolute atomic E-state index is 14.0. The van der Waals surface area contributed by atoms with Crippen molar-refractivity contribution in [3.63, 3.8) is 0 Å². The van der Waals surface area contributed by atoms with Gasteiger partial charge in [0.25, 0.3) is 0 Å². The van der Waals surface area contributed by atoms with Gasteiger partial charge in [0.1, 0.15) is 11.9 Å². The number of halogens is 2. The fourth-order valence-corrected chi connectivity index (χ4v) is 6.20. The zero-order chi connectivity index (χ0) is 22.5. The first-order chi connectivity index (χ1) is 16.0. The van der Waals surface area contributed by atoms with Crippen molar-refractivity contribution in [1.82, 2.24) is 19.7 Å². The average Bonchev–Trinajstić information content (AvgIpc) is 3.29. The summed E-state index contributed by atoms with van der Waals surface area (Å²) in [5, 5.41) is 5.19. The monoisotopic (exact) mass is 467 g/mol. The Morgan fingerprint density at radius 3 is 2.73 bits per heavy atom. The van der Waals surface area contributed by atoms with Crippen molar-refractivity contribution >= 4 is 17.3 Å². The highest BCUT2D eigenvalue weighted by Gasteiger charge is 2.42. The number of nitrogens with zero attached hydrogens (tertiary/aromatic N) is 5. The van der Waals surface area contributed by atoms with Crippen LogP contribution in [0.15, 0.2) is 36.5 Å². The van der Waals surface area contributed by atoms with Gasteiger partial charge in [0, 0.05) is 42.1 Å². The van der Waals surface area contributed by atoms with Crippen LogP contribution in [0.2, 0.25) is 5.02 Å². The van der Waals surface area contributed by atoms with Gasteiger partial charge in [-0.3, -0.25) is 4.98 Å². The summed E-state index contributed by atoms with van der Waals surface area (Å²) in [5.41, 5.74) is 3.02. The summed E-state index contributed by atoms with van der Waals surface area (Å²) >= 11 is 6.09. The first-order valence-corrected chi connectivity index (χ1v) is 12.1. The number of rotatable bonds is 4. The van der Waals surface area contributed by atoms with Crippen LogP contribution < -0.4 is 4.90 Å². The predicted octanol–water partition coefficient (Wildman–Crippen LogP) is 4.60. The molecule has 2 fully saturated rings. The Bertz CT molecular complexity index is 1150. The number of hydrogen-bond acceptors (Lipinski definition) is 5. The number of piperidine rings is 1. The van der Waals surface area contributed by atoms with Gasteiger partial charge in [0.2, 0.25) is 0 Å². The Balaban J connectivity index is 1.21. The molecule has 3 aromatic rings. The number of aryl methyl sites for hydroxylation is 1. The van der Waals surface area contributed by atoms with Crippen LogP contribution in [0.4, 0.5) is 10.1 Å². The summed E-state index contributed by atoms with van der Waals surface area (Å²) < 4.78 is 21.9. The molecule has 2 aromatic heterocycles. The minimum Gasteiger partial charge on any atom is -0.371 e. The quantitative estimate of drug-likeness (QED) is 0.561. The molecule has 2 aliphatic heterocycles. The summed E-state index contributed by atoms with van der Waals surface area (Å²) in [7, 11) is 0. The summed E-state index contributed by atoms with van der Waals surface area (Å²) in [6.45, 7) is 5.38. The van der Waals surface area contributed by atoms with Crippen LogP contribution in [0.1, 0.15) is 41.9 Å². The average molecular weight is 468 g/mol. The third-order valence-corrected chi connectivity index (χ3v) is 7.66. The number of benzene rings is 1. The van der Waals surface area contributed by atoms with Gasteiger partial charge in [-0.25, -0.2) is 14.1 Å². The normalized spacial score (nSPS) is 26.5. The van der Waals surface area contributed by atoms with E-state index in [1.165, 1.54) is 30.7 Å². The van der Waals surface area contributed by atoms with Gasteiger partial charge < -0.3 is 9.64 Å². The molecule has 0 spiro atoms. The van der Waals surface area contributed by atoms with Crippen molar-refractivity contribution in [2.45, 2.75) is 38.8 Å². The summed E-state index contributed by atoms with van der Waals surface area (Å²) in [6.07, 6.45) is 4.87. The zero-order valence-electron chi connectivity index (χ0n) is 18.6. The maximum atomic E-state index is 14.0. The molecular weight excluding hydrogens is 441 g/mol. The lowest BCUT2D eigenvalue weighted by atomic mass is 9.82. The Kier molecular flexibility index (Phi) is 5.34. The van der Waals surface area contributed by atoms with Gasteiger partial charge >= 0.3 is 0 Å². The van der Waals surface area contributed by atoms with Gasteiger partial charge in [0.15, 0.2) is 11.6 Å². The van der Waals surface area contributed by atoms with Crippen molar-refractivity contribution < 1.29 is 9.13 Å². The molecule has 1 unspecified atom stereocenters. The van der Waals surface area contributed by atoms with E-state index in [2.05, 4.69) is 22.0 Å². The number of anilines is 1. The molecule has 1 saturated carbocycles. The molecule has 172 valence electrons. The second-order valence-electron chi connectivity index (χ2n) is 9.59. The lowest BCUT2D eigenvalue weighted by Gasteiger charge is -2.39. The van der Waals surface area contributed by atoms with Crippen molar-refractivity contribution in [2.24, 2.45) is 17.8 Å². The van der Waals surface area contributed by atoms with Gasteiger partial charge in [0.05, 0.1) is 13.2 Å². The maximum Gasteiger partial charge on any atom is 0.161 e. The molecule has 33 heavy (non-hydrogen) atoms. The van der Waals surface area contributed by atoms with Gasteiger partial charge in [-0.05, 0) is 73.4 Å². The third-order valence-electron chi connectivity index (χ3n) is 7.45. The molecule has 4 atom stereocenters. The second kappa shape index (κ2) is 8.37. The minimum absolute atomic E-state index is 0.359. The van der Waals surface area contributed by atoms with E-state index >= 15 is 0 Å². The second-order valence-corrected chi connectivity index (χ2v) is 10.0. The van der Waals surface area contributed by atoms with Crippen molar-refractivity contribution in [2.75, 3.05) is 24.6 Å². The Labute approximate surface area is 197 Å². The van der Waals surface area contributed by atoms with Gasteiger partial charge in [-0.15, -0.1) is 0 Å². The zero-order valence-corrected chi connectivity index (χ0v) is 19.4. The lowest BCUT2D eigenvalue weighted by Crippen LogP contribution is -2.42. The van der Waals surface area contributed by atoms with Crippen LogP contribution in [0.25, 0.3) is 0 Å². The Hall–Kier alpha value is -2.51. The molecule has 3 aliphatic rings. The molecule has 1 saturated heterocycles. The first-order valence-electron chi connectivity index (χ1n) is 11.7. The van der Waals surface area contributed by atoms with E-state index in [9.17, 15) is 4.39 Å². The smallest absolute Gasteiger partial charge is 0.161 e. The molecule has 1 aliphatic carbocycles. The molecular formula is C25H27ClFN5O. The fourth-order valence-electron chi connectivity index (χ4n) is 5.97. The van der Waals surface area contributed by atoms with E-state index in [1.807, 2.05) is 17.8 Å². The van der Waals surface area contributed by atoms with Crippen LogP contribution in [-0.4, -0.2) is 39.4 Å². The Morgan fingerprint density at radius 1 is 1.15 bits per heavy atom. The van der Waals surface area contributed by atoms with E-state index in [1.54, 1.807) is 6.07 Å². The van der Waals surface area contributed by atoms with Crippen LogP contribution in [0, 0.1) is 30.5 Å². The Morgan fingerprint density at radius 2 is 1.97 bits per heavy atom. The molecule has 6 rings (SSSR count). The highest BCUT2D eigenvalue weighted by atomic mass is 35.5. The van der Waals surface area contributed by atoms with Crippen LogP contribution in [0.3, 0.4) is 0 Å². The summed E-state index contributed by atoms with van der Waals surface area (Å²) in [4.78, 5) is 11.8. The fraction of sp³-hybridized carbons (Fsp3) is 0.480. The molecule has 2 bridgehead atoms. The SMILES string of the molecule is Cc1cc(N2C[C@H]3CC[C@@H](C2)C3Cc2nc3n(n2)CCO[C@H]3c2cc(F)cc(Cl)c2)ccn1. The number of aromatic nitrogens is 4. The van der Waals surface area contributed by atoms with E-state index < -0.39 is 6.10 Å². The van der Waals surface area contributed by atoms with Crippen LogP contribution in [-0.2, 0) is 17.7 Å². The van der Waals surface area contributed by atoms with E-state index in [0.717, 1.165) is 36.9 Å². The number of pyridine rings is 1. The van der Waals surface area contributed by atoms with Crippen LogP contribution >= 0.6 is 11.6 Å². The number of fused-ring (bicyclic) bond motifs is 3. The molecule has 0 N–H and O–H groups in total. The molecule has 6 nitrogen and oxygen atoms in total. The summed E-state index contributed by atoms with van der Waals surface area (Å²) in [5.74, 6) is 3.13. The third kappa shape index (κ3) is 4.02. The molecule has 4 heterocycles. The lowest BCUT2D eigenvalue weighted by molar-refractivity contribution is 0.0388. The number of ether oxygens (including phenoxy) is 1. The van der Waals surface area contributed by atoms with Crippen molar-refractivity contribution in [3.05, 3.63) is 70.3 Å². The van der Waals surface area contributed by atoms with Gasteiger partial charge in [-0.1, -0.05) is 11.6 Å². The van der Waals surface area contributed by atoms with Crippen molar-refractivity contribution in [1.29, 1.82) is 0 Å². The highest BCUT2D eigenvalue weighted by Crippen LogP contribution is 2.44. The number of hydrogen-bond donors (Lipinski definition) is 0. The molecule has 0 radical (unpaired) electrons. The van der Waals surface area contributed by atoms with E-state index in [0.29, 0.717) is 41.5 Å². The van der Waals surface area contributed by atoms with E-state index in [-0.39, 0.29) is 5.82 Å². The topological polar surface area (TPSA) is 56.1 Å². The minimum atomic E-state index is -0.443. The standard InChI is InChI=1S/C25H27ClFN5O/c1-15-8-21(4-5-28-15)31-13-16-2-3-17(14-31)22(16)12-23-29-25-24(33-7-6-32(25)30-23)18-9-19(26)11-20(27)10-18/h4-5,8-11,16-17,22,24H,2-3,6-7,12-14H2,1H3/t16-,17+,22?,24-/m0/s1. The van der Waals surface area contributed by atoms with E-state index in [4.69, 9.17) is 26.4 Å². The van der Waals surface area contributed by atoms with Gasteiger partial charge in [-0.2, -0.15) is 5.10 Å².